The predicted octanol–water partition coefficient (Wildman–Crippen LogP) is 5.88. The second-order valence-corrected chi connectivity index (χ2v) is 7.99. The largest absolute Gasteiger partial charge is 0.351 e. The first kappa shape index (κ1) is 21.8. The molecule has 1 aromatic heterocycles. The van der Waals surface area contributed by atoms with Crippen molar-refractivity contribution < 1.29 is 4.79 Å². The maximum Gasteiger partial charge on any atom is 0.226 e. The van der Waals surface area contributed by atoms with Crippen LogP contribution in [0.5, 0.6) is 0 Å². The first-order chi connectivity index (χ1) is 15.6. The van der Waals surface area contributed by atoms with Crippen LogP contribution < -0.4 is 10.2 Å². The summed E-state index contributed by atoms with van der Waals surface area (Å²) in [6.45, 7) is 3.19. The molecule has 0 aliphatic carbocycles. The number of amides is 1. The molecule has 0 bridgehead atoms. The summed E-state index contributed by atoms with van der Waals surface area (Å²) in [5.74, 6) is 1.54. The van der Waals surface area contributed by atoms with E-state index in [1.54, 1.807) is 0 Å². The van der Waals surface area contributed by atoms with E-state index in [0.717, 1.165) is 33.8 Å². The third kappa shape index (κ3) is 5.42. The second kappa shape index (κ2) is 10.2. The van der Waals surface area contributed by atoms with Crippen LogP contribution in [0.15, 0.2) is 78.9 Å². The van der Waals surface area contributed by atoms with Crippen molar-refractivity contribution in [3.8, 4) is 0 Å². The molecule has 0 unspecified atom stereocenters. The van der Waals surface area contributed by atoms with Crippen LogP contribution in [0.3, 0.4) is 0 Å². The predicted molar refractivity (Wildman–Crippen MR) is 131 cm³/mol. The van der Waals surface area contributed by atoms with Crippen molar-refractivity contribution in [2.75, 3.05) is 16.8 Å². The lowest BCUT2D eigenvalue weighted by Crippen LogP contribution is -2.29. The zero-order valence-electron chi connectivity index (χ0n) is 18.0. The molecule has 0 saturated heterocycles. The van der Waals surface area contributed by atoms with Gasteiger partial charge in [-0.25, -0.2) is 9.97 Å². The van der Waals surface area contributed by atoms with Crippen molar-refractivity contribution in [2.24, 2.45) is 0 Å². The maximum atomic E-state index is 12.6. The normalized spacial score (nSPS) is 10.8. The average Bonchev–Trinajstić information content (AvgIpc) is 2.82. The number of aromatic nitrogens is 2. The van der Waals surface area contributed by atoms with Gasteiger partial charge >= 0.3 is 0 Å². The van der Waals surface area contributed by atoms with E-state index < -0.39 is 0 Å². The number of rotatable bonds is 8. The molecule has 5 nitrogen and oxygen atoms in total. The highest BCUT2D eigenvalue weighted by Gasteiger charge is 2.17. The summed E-state index contributed by atoms with van der Waals surface area (Å²) in [7, 11) is 0. The number of aryl methyl sites for hydroxylation is 1. The lowest BCUT2D eigenvalue weighted by atomic mass is 10.1. The number of carbonyl (C=O) groups is 1. The monoisotopic (exact) mass is 444 g/mol. The van der Waals surface area contributed by atoms with Gasteiger partial charge in [0.05, 0.1) is 5.52 Å². The molecule has 0 saturated carbocycles. The maximum absolute atomic E-state index is 12.6. The highest BCUT2D eigenvalue weighted by Crippen LogP contribution is 2.28. The van der Waals surface area contributed by atoms with E-state index in [2.05, 4.69) is 27.3 Å². The van der Waals surface area contributed by atoms with Crippen molar-refractivity contribution in [3.05, 3.63) is 95.3 Å². The Morgan fingerprint density at radius 1 is 0.969 bits per heavy atom. The Morgan fingerprint density at radius 2 is 1.69 bits per heavy atom. The van der Waals surface area contributed by atoms with Gasteiger partial charge in [-0.15, -0.1) is 0 Å². The van der Waals surface area contributed by atoms with Crippen LogP contribution in [0.2, 0.25) is 5.02 Å². The zero-order valence-corrected chi connectivity index (χ0v) is 18.7. The third-order valence-electron chi connectivity index (χ3n) is 5.18. The summed E-state index contributed by atoms with van der Waals surface area (Å²) in [6.07, 6.45) is 1.05. The molecule has 32 heavy (non-hydrogen) atoms. The molecule has 0 radical (unpaired) electrons. The molecule has 1 N–H and O–H groups in total. The second-order valence-electron chi connectivity index (χ2n) is 7.55. The van der Waals surface area contributed by atoms with Crippen molar-refractivity contribution in [1.82, 2.24) is 9.97 Å². The number of nitrogens with one attached hydrogen (secondary N) is 1. The molecule has 162 valence electrons. The zero-order chi connectivity index (χ0) is 22.3. The van der Waals surface area contributed by atoms with Crippen molar-refractivity contribution in [3.63, 3.8) is 0 Å². The summed E-state index contributed by atoms with van der Waals surface area (Å²) in [5, 5.41) is 4.53. The highest BCUT2D eigenvalue weighted by atomic mass is 35.5. The van der Waals surface area contributed by atoms with Gasteiger partial charge in [0.15, 0.2) is 0 Å². The molecule has 4 aromatic rings. The summed E-state index contributed by atoms with van der Waals surface area (Å²) in [5.41, 5.74) is 2.75. The third-order valence-corrected chi connectivity index (χ3v) is 5.42. The van der Waals surface area contributed by atoms with Gasteiger partial charge in [0.25, 0.3) is 0 Å². The topological polar surface area (TPSA) is 58.1 Å². The van der Waals surface area contributed by atoms with Crippen LogP contribution in [-0.2, 0) is 17.8 Å². The molecule has 1 amide bonds. The van der Waals surface area contributed by atoms with Gasteiger partial charge in [-0.1, -0.05) is 67.1 Å². The first-order valence-electron chi connectivity index (χ1n) is 10.7. The van der Waals surface area contributed by atoms with Crippen molar-refractivity contribution >= 4 is 39.9 Å². The minimum atomic E-state index is -0.0358. The van der Waals surface area contributed by atoms with E-state index in [-0.39, 0.29) is 5.91 Å². The number of hydrogen-bond acceptors (Lipinski definition) is 4. The molecular formula is C26H25ClN4O. The average molecular weight is 445 g/mol. The molecule has 3 aromatic carbocycles. The number of benzene rings is 3. The fourth-order valence-electron chi connectivity index (χ4n) is 3.58. The van der Waals surface area contributed by atoms with Crippen LogP contribution in [0.4, 0.5) is 11.5 Å². The summed E-state index contributed by atoms with van der Waals surface area (Å²) in [6, 6.07) is 25.4. The van der Waals surface area contributed by atoms with E-state index in [4.69, 9.17) is 16.6 Å². The highest BCUT2D eigenvalue weighted by molar-refractivity contribution is 6.31. The summed E-state index contributed by atoms with van der Waals surface area (Å²) in [4.78, 5) is 24.3. The number of nitrogens with zero attached hydrogens (tertiary/aromatic N) is 3. The summed E-state index contributed by atoms with van der Waals surface area (Å²) >= 11 is 6.23. The van der Waals surface area contributed by atoms with E-state index in [1.807, 2.05) is 73.7 Å². The Balaban J connectivity index is 1.64. The van der Waals surface area contributed by atoms with Gasteiger partial charge in [0.1, 0.15) is 11.6 Å². The molecule has 6 heteroatoms. The Labute approximate surface area is 193 Å². The van der Waals surface area contributed by atoms with Gasteiger partial charge in [0, 0.05) is 42.0 Å². The van der Waals surface area contributed by atoms with Crippen LogP contribution >= 0.6 is 11.6 Å². The van der Waals surface area contributed by atoms with E-state index in [1.165, 1.54) is 0 Å². The quantitative estimate of drug-likeness (QED) is 0.368. The van der Waals surface area contributed by atoms with Crippen LogP contribution in [0, 0.1) is 0 Å². The molecule has 0 fully saturated rings. The van der Waals surface area contributed by atoms with Gasteiger partial charge in [0.2, 0.25) is 5.91 Å². The number of carbonyl (C=O) groups excluding carboxylic acids is 1. The fraction of sp³-hybridized carbons (Fsp3) is 0.192. The SMILES string of the molecule is CCc1nc(N(CCC(=O)Nc2ccccc2)Cc2ccccc2)c2ccc(Cl)cc2n1. The van der Waals surface area contributed by atoms with Gasteiger partial charge in [-0.3, -0.25) is 4.79 Å². The number of fused-ring (bicyclic) bond motifs is 1. The molecule has 0 aliphatic rings. The molecular weight excluding hydrogens is 420 g/mol. The van der Waals surface area contributed by atoms with Crippen LogP contribution in [0.25, 0.3) is 10.9 Å². The fourth-order valence-corrected chi connectivity index (χ4v) is 3.74. The van der Waals surface area contributed by atoms with Gasteiger partial charge in [-0.05, 0) is 35.9 Å². The van der Waals surface area contributed by atoms with Crippen LogP contribution in [-0.4, -0.2) is 22.4 Å². The van der Waals surface area contributed by atoms with E-state index in [9.17, 15) is 4.79 Å². The molecule has 1 heterocycles. The Hall–Kier alpha value is -3.44. The van der Waals surface area contributed by atoms with Gasteiger partial charge in [-0.2, -0.15) is 0 Å². The number of hydrogen-bond donors (Lipinski definition) is 1. The number of halogens is 1. The molecule has 0 spiro atoms. The van der Waals surface area contributed by atoms with Crippen molar-refractivity contribution in [2.45, 2.75) is 26.3 Å². The smallest absolute Gasteiger partial charge is 0.226 e. The minimum Gasteiger partial charge on any atom is -0.351 e. The Bertz CT molecular complexity index is 1200. The molecule has 0 aliphatic heterocycles. The van der Waals surface area contributed by atoms with Gasteiger partial charge < -0.3 is 10.2 Å². The van der Waals surface area contributed by atoms with E-state index >= 15 is 0 Å². The van der Waals surface area contributed by atoms with Crippen molar-refractivity contribution in [1.29, 1.82) is 0 Å². The Kier molecular flexibility index (Phi) is 6.97. The lowest BCUT2D eigenvalue weighted by molar-refractivity contribution is -0.116. The number of anilines is 2. The first-order valence-corrected chi connectivity index (χ1v) is 11.1. The standard InChI is InChI=1S/C26H25ClN4O/c1-2-24-29-23-17-20(27)13-14-22(23)26(30-24)31(18-19-9-5-3-6-10-19)16-15-25(32)28-21-11-7-4-8-12-21/h3-14,17H,2,15-16,18H2,1H3,(H,28,32). The molecule has 0 atom stereocenters. The van der Waals surface area contributed by atoms with E-state index in [0.29, 0.717) is 31.0 Å². The summed E-state index contributed by atoms with van der Waals surface area (Å²) < 4.78 is 0. The molecule has 4 rings (SSSR count). The number of para-hydroxylation sites is 1. The lowest BCUT2D eigenvalue weighted by Gasteiger charge is -2.25. The van der Waals surface area contributed by atoms with Crippen LogP contribution in [0.1, 0.15) is 24.7 Å². The Morgan fingerprint density at radius 3 is 2.41 bits per heavy atom. The minimum absolute atomic E-state index is 0.0358.